The van der Waals surface area contributed by atoms with Crippen molar-refractivity contribution in [3.63, 3.8) is 0 Å². The van der Waals surface area contributed by atoms with Crippen LogP contribution in [0.4, 0.5) is 0 Å². The van der Waals surface area contributed by atoms with Crippen LogP contribution in [0.25, 0.3) is 0 Å². The van der Waals surface area contributed by atoms with Crippen LogP contribution in [-0.4, -0.2) is 21.9 Å². The molecule has 0 amide bonds. The summed E-state index contributed by atoms with van der Waals surface area (Å²) in [5.74, 6) is 0. The van der Waals surface area contributed by atoms with Gasteiger partial charge >= 0.3 is 0 Å². The Bertz CT molecular complexity index is 378. The minimum absolute atomic E-state index is 0.339. The molecule has 0 heterocycles. The summed E-state index contributed by atoms with van der Waals surface area (Å²) in [5.41, 5.74) is 1.06. The van der Waals surface area contributed by atoms with Gasteiger partial charge in [-0.1, -0.05) is 29.8 Å². The van der Waals surface area contributed by atoms with Crippen LogP contribution in [-0.2, 0) is 11.1 Å². The van der Waals surface area contributed by atoms with Crippen molar-refractivity contribution in [3.05, 3.63) is 55.1 Å². The van der Waals surface area contributed by atoms with E-state index in [0.29, 0.717) is 4.90 Å². The molecule has 3 nitrogen and oxygen atoms in total. The molecule has 1 unspecified atom stereocenters. The third-order valence-electron chi connectivity index (χ3n) is 2.26. The second-order valence-electron chi connectivity index (χ2n) is 3.95. The van der Waals surface area contributed by atoms with Crippen LogP contribution in [0.3, 0.4) is 0 Å². The molecule has 4 heteroatoms. The molecule has 0 aliphatic heterocycles. The summed E-state index contributed by atoms with van der Waals surface area (Å²) >= 11 is -2.09. The molecule has 1 atom stereocenters. The zero-order valence-electron chi connectivity index (χ0n) is 11.4. The molecule has 0 bridgehead atoms. The van der Waals surface area contributed by atoms with Gasteiger partial charge in [-0.05, 0) is 56.1 Å². The first-order valence-corrected chi connectivity index (χ1v) is 7.27. The monoisotopic (exact) mass is 280 g/mol. The highest BCUT2D eigenvalue weighted by molar-refractivity contribution is 7.79. The van der Waals surface area contributed by atoms with Gasteiger partial charge in [-0.3, -0.25) is 4.21 Å². The zero-order valence-corrected chi connectivity index (χ0v) is 12.2. The van der Waals surface area contributed by atoms with Crippen LogP contribution >= 0.6 is 0 Å². The normalized spacial score (nSPS) is 11.1. The second kappa shape index (κ2) is 11.8. The third-order valence-corrected chi connectivity index (χ3v) is 2.92. The molecule has 0 aliphatic rings. The van der Waals surface area contributed by atoms with Gasteiger partial charge < -0.3 is 9.87 Å². The van der Waals surface area contributed by atoms with E-state index in [4.69, 9.17) is 0 Å². The Balaban J connectivity index is 0.000000344. The van der Waals surface area contributed by atoms with Crippen molar-refractivity contribution in [1.29, 1.82) is 0 Å². The van der Waals surface area contributed by atoms with Crippen molar-refractivity contribution in [2.75, 3.05) is 13.1 Å². The van der Waals surface area contributed by atoms with Crippen molar-refractivity contribution in [2.24, 2.45) is 0 Å². The summed E-state index contributed by atoms with van der Waals surface area (Å²) in [6.07, 6.45) is 5.94. The molecule has 0 aliphatic carbocycles. The molecule has 0 spiro atoms. The van der Waals surface area contributed by atoms with E-state index in [2.05, 4.69) is 18.5 Å². The van der Waals surface area contributed by atoms with Crippen molar-refractivity contribution in [3.8, 4) is 0 Å². The molecular formula is C15H22NO2S-. The molecule has 106 valence electrons. The van der Waals surface area contributed by atoms with E-state index in [9.17, 15) is 8.76 Å². The molecule has 1 aromatic rings. The number of nitrogens with one attached hydrogen (secondary N) is 1. The lowest BCUT2D eigenvalue weighted by molar-refractivity contribution is 0.537. The van der Waals surface area contributed by atoms with Crippen molar-refractivity contribution in [2.45, 2.75) is 24.7 Å². The van der Waals surface area contributed by atoms with E-state index in [1.165, 1.54) is 0 Å². The Morgan fingerprint density at radius 3 is 2.00 bits per heavy atom. The summed E-state index contributed by atoms with van der Waals surface area (Å²) in [5, 5.41) is 3.24. The molecule has 0 aromatic heterocycles. The fourth-order valence-corrected chi connectivity index (χ4v) is 1.54. The van der Waals surface area contributed by atoms with E-state index in [-0.39, 0.29) is 0 Å². The maximum Gasteiger partial charge on any atom is 0.0248 e. The van der Waals surface area contributed by atoms with Crippen molar-refractivity contribution in [1.82, 2.24) is 5.32 Å². The highest BCUT2D eigenvalue weighted by atomic mass is 32.2. The first kappa shape index (κ1) is 17.8. The highest BCUT2D eigenvalue weighted by Crippen LogP contribution is 2.05. The Hall–Kier alpha value is -1.23. The summed E-state index contributed by atoms with van der Waals surface area (Å²) in [4.78, 5) is 0.339. The highest BCUT2D eigenvalue weighted by Gasteiger charge is 1.88. The first-order chi connectivity index (χ1) is 9.11. The fourth-order valence-electron chi connectivity index (χ4n) is 1.18. The minimum atomic E-state index is -2.09. The Labute approximate surface area is 118 Å². The van der Waals surface area contributed by atoms with Gasteiger partial charge in [0.15, 0.2) is 0 Å². The molecule has 0 radical (unpaired) electrons. The molecule has 0 saturated carbocycles. The summed E-state index contributed by atoms with van der Waals surface area (Å²) in [6, 6.07) is 6.70. The van der Waals surface area contributed by atoms with Gasteiger partial charge in [-0.25, -0.2) is 0 Å². The topological polar surface area (TPSA) is 52.2 Å². The van der Waals surface area contributed by atoms with Gasteiger partial charge in [-0.15, -0.1) is 13.2 Å². The van der Waals surface area contributed by atoms with Crippen LogP contribution in [0, 0.1) is 6.92 Å². The lowest BCUT2D eigenvalue weighted by Crippen LogP contribution is -2.15. The lowest BCUT2D eigenvalue weighted by Gasteiger charge is -2.03. The lowest BCUT2D eigenvalue weighted by atomic mass is 10.2. The molecule has 1 N–H and O–H groups in total. The van der Waals surface area contributed by atoms with Gasteiger partial charge in [0.05, 0.1) is 0 Å². The fraction of sp³-hybridized carbons (Fsp3) is 0.333. The average Bonchev–Trinajstić information content (AvgIpc) is 2.40. The average molecular weight is 280 g/mol. The number of rotatable bonds is 7. The maximum absolute atomic E-state index is 10.3. The number of benzene rings is 1. The largest absolute Gasteiger partial charge is 0.768 e. The van der Waals surface area contributed by atoms with Crippen LogP contribution in [0.5, 0.6) is 0 Å². The first-order valence-electron chi connectivity index (χ1n) is 6.20. The Kier molecular flexibility index (Phi) is 11.1. The molecule has 1 rings (SSSR count). The van der Waals surface area contributed by atoms with Crippen LogP contribution in [0.1, 0.15) is 18.4 Å². The third kappa shape index (κ3) is 10.4. The van der Waals surface area contributed by atoms with Gasteiger partial charge in [-0.2, -0.15) is 0 Å². The summed E-state index contributed by atoms with van der Waals surface area (Å²) < 4.78 is 20.6. The predicted molar refractivity (Wildman–Crippen MR) is 80.9 cm³/mol. The quantitative estimate of drug-likeness (QED) is 0.474. The van der Waals surface area contributed by atoms with E-state index in [0.717, 1.165) is 31.5 Å². The second-order valence-corrected chi connectivity index (χ2v) is 4.89. The van der Waals surface area contributed by atoms with Gasteiger partial charge in [0.2, 0.25) is 0 Å². The molecule has 19 heavy (non-hydrogen) atoms. The number of aryl methyl sites for hydroxylation is 1. The molecule has 1 aromatic carbocycles. The predicted octanol–water partition coefficient (Wildman–Crippen LogP) is 2.96. The van der Waals surface area contributed by atoms with E-state index < -0.39 is 11.1 Å². The molecule has 0 saturated heterocycles. The Morgan fingerprint density at radius 1 is 1.16 bits per heavy atom. The summed E-state index contributed by atoms with van der Waals surface area (Å²) in [6.45, 7) is 11.2. The van der Waals surface area contributed by atoms with Crippen molar-refractivity contribution >= 4 is 11.1 Å². The van der Waals surface area contributed by atoms with Crippen molar-refractivity contribution < 1.29 is 8.76 Å². The smallest absolute Gasteiger partial charge is 0.0248 e. The van der Waals surface area contributed by atoms with Gasteiger partial charge in [0.25, 0.3) is 0 Å². The van der Waals surface area contributed by atoms with Crippen LogP contribution < -0.4 is 5.32 Å². The zero-order chi connectivity index (χ0) is 14.5. The standard InChI is InChI=1S/C8H15N.C7H8O2S/c1-3-5-7-9-8-6-4-2;1-6-2-4-7(5-3-6)10(8)9/h3-4,9H,1-2,5-8H2;2-5H,1H3,(H,8,9)/p-1. The van der Waals surface area contributed by atoms with Crippen LogP contribution in [0.2, 0.25) is 0 Å². The summed E-state index contributed by atoms with van der Waals surface area (Å²) in [7, 11) is 0. The minimum Gasteiger partial charge on any atom is -0.768 e. The molecular weight excluding hydrogens is 258 g/mol. The van der Waals surface area contributed by atoms with Gasteiger partial charge in [0, 0.05) is 4.90 Å². The van der Waals surface area contributed by atoms with E-state index >= 15 is 0 Å². The van der Waals surface area contributed by atoms with E-state index in [1.807, 2.05) is 19.1 Å². The maximum atomic E-state index is 10.3. The van der Waals surface area contributed by atoms with Crippen LogP contribution in [0.15, 0.2) is 54.5 Å². The Morgan fingerprint density at radius 2 is 1.63 bits per heavy atom. The number of hydrogen-bond donors (Lipinski definition) is 1. The number of hydrogen-bond acceptors (Lipinski definition) is 3. The SMILES string of the molecule is C=CCCNCCC=C.Cc1ccc(S(=O)[O-])cc1. The van der Waals surface area contributed by atoms with Gasteiger partial charge in [0.1, 0.15) is 0 Å². The molecule has 0 fully saturated rings. The van der Waals surface area contributed by atoms with E-state index in [1.54, 1.807) is 24.3 Å².